The maximum absolute atomic E-state index is 13.2. The van der Waals surface area contributed by atoms with Gasteiger partial charge in [0.05, 0.1) is 6.04 Å². The highest BCUT2D eigenvalue weighted by molar-refractivity contribution is 7.08. The molecule has 0 aliphatic heterocycles. The van der Waals surface area contributed by atoms with Crippen LogP contribution < -0.4 is 10.6 Å². The van der Waals surface area contributed by atoms with Crippen LogP contribution in [0.15, 0.2) is 59.3 Å². The lowest BCUT2D eigenvalue weighted by Gasteiger charge is -2.19. The molecule has 0 fully saturated rings. The fourth-order valence-corrected chi connectivity index (χ4v) is 3.34. The van der Waals surface area contributed by atoms with Gasteiger partial charge in [-0.15, -0.1) is 0 Å². The van der Waals surface area contributed by atoms with Crippen molar-refractivity contribution in [1.29, 1.82) is 0 Å². The molecule has 2 N–H and O–H groups in total. The van der Waals surface area contributed by atoms with Gasteiger partial charge in [0.15, 0.2) is 0 Å². The summed E-state index contributed by atoms with van der Waals surface area (Å²) in [5.74, 6) is -1.36. The van der Waals surface area contributed by atoms with Crippen LogP contribution >= 0.6 is 22.9 Å². The molecule has 0 radical (unpaired) electrons. The molecule has 0 bridgehead atoms. The molecule has 26 heavy (non-hydrogen) atoms. The van der Waals surface area contributed by atoms with Gasteiger partial charge < -0.3 is 10.6 Å². The molecular formula is C19H15ClF2N2OS. The lowest BCUT2D eigenvalue weighted by molar-refractivity contribution is 0.238. The summed E-state index contributed by atoms with van der Waals surface area (Å²) in [5.41, 5.74) is 2.15. The van der Waals surface area contributed by atoms with Crippen LogP contribution in [0.25, 0.3) is 0 Å². The van der Waals surface area contributed by atoms with Crippen molar-refractivity contribution in [2.24, 2.45) is 0 Å². The Bertz CT molecular complexity index is 865. The molecule has 3 aromatic rings. The molecule has 1 unspecified atom stereocenters. The molecule has 0 saturated heterocycles. The van der Waals surface area contributed by atoms with Gasteiger partial charge in [-0.25, -0.2) is 13.6 Å². The Kier molecular flexibility index (Phi) is 5.85. The summed E-state index contributed by atoms with van der Waals surface area (Å²) in [4.78, 5) is 12.3. The van der Waals surface area contributed by atoms with Crippen LogP contribution in [-0.2, 0) is 6.54 Å². The van der Waals surface area contributed by atoms with E-state index in [9.17, 15) is 13.6 Å². The summed E-state index contributed by atoms with van der Waals surface area (Å²) in [6.07, 6.45) is 0. The SMILES string of the molecule is O=C(NCc1cc(F)cc(F)c1)NC(c1ccc(Cl)cc1)c1ccsc1. The Morgan fingerprint density at radius 1 is 1.04 bits per heavy atom. The summed E-state index contributed by atoms with van der Waals surface area (Å²) < 4.78 is 26.4. The highest BCUT2D eigenvalue weighted by atomic mass is 35.5. The number of hydrogen-bond acceptors (Lipinski definition) is 2. The van der Waals surface area contributed by atoms with Gasteiger partial charge in [0, 0.05) is 17.6 Å². The number of nitrogens with one attached hydrogen (secondary N) is 2. The Labute approximate surface area is 158 Å². The van der Waals surface area contributed by atoms with E-state index in [0.29, 0.717) is 10.6 Å². The van der Waals surface area contributed by atoms with Gasteiger partial charge in [0.25, 0.3) is 0 Å². The van der Waals surface area contributed by atoms with Crippen LogP contribution in [0.3, 0.4) is 0 Å². The molecule has 2 aromatic carbocycles. The van der Waals surface area contributed by atoms with Crippen molar-refractivity contribution in [3.63, 3.8) is 0 Å². The van der Waals surface area contributed by atoms with Crippen LogP contribution in [0.5, 0.6) is 0 Å². The third-order valence-electron chi connectivity index (χ3n) is 3.73. The first-order chi connectivity index (χ1) is 12.5. The number of urea groups is 1. The number of benzene rings is 2. The molecule has 3 rings (SSSR count). The number of halogens is 3. The molecule has 1 heterocycles. The van der Waals surface area contributed by atoms with Crippen molar-refractivity contribution in [2.75, 3.05) is 0 Å². The summed E-state index contributed by atoms with van der Waals surface area (Å²) in [6, 6.07) is 11.5. The molecule has 1 aromatic heterocycles. The molecular weight excluding hydrogens is 378 g/mol. The lowest BCUT2D eigenvalue weighted by atomic mass is 10.0. The van der Waals surface area contributed by atoms with E-state index in [1.807, 2.05) is 29.0 Å². The highest BCUT2D eigenvalue weighted by Crippen LogP contribution is 2.25. The summed E-state index contributed by atoms with van der Waals surface area (Å²) in [5, 5.41) is 9.98. The van der Waals surface area contributed by atoms with Crippen LogP contribution in [0.1, 0.15) is 22.7 Å². The van der Waals surface area contributed by atoms with Crippen molar-refractivity contribution in [3.05, 3.63) is 92.6 Å². The Hall–Kier alpha value is -2.44. The Morgan fingerprint density at radius 3 is 2.35 bits per heavy atom. The molecule has 0 aliphatic carbocycles. The zero-order valence-corrected chi connectivity index (χ0v) is 15.1. The molecule has 2 amide bonds. The maximum atomic E-state index is 13.2. The number of rotatable bonds is 5. The van der Waals surface area contributed by atoms with Crippen LogP contribution in [0, 0.1) is 11.6 Å². The second-order valence-corrected chi connectivity index (χ2v) is 6.86. The minimum atomic E-state index is -0.681. The first kappa shape index (κ1) is 18.4. The van der Waals surface area contributed by atoms with Gasteiger partial charge in [-0.05, 0) is 57.8 Å². The molecule has 0 spiro atoms. The second-order valence-electron chi connectivity index (χ2n) is 5.65. The molecule has 134 valence electrons. The van der Waals surface area contributed by atoms with Gasteiger partial charge in [-0.1, -0.05) is 23.7 Å². The van der Waals surface area contributed by atoms with Crippen molar-refractivity contribution in [2.45, 2.75) is 12.6 Å². The molecule has 0 saturated carbocycles. The number of amides is 2. The lowest BCUT2D eigenvalue weighted by Crippen LogP contribution is -2.38. The second kappa shape index (κ2) is 8.29. The molecule has 1 atom stereocenters. The molecule has 0 aliphatic rings. The largest absolute Gasteiger partial charge is 0.334 e. The van der Waals surface area contributed by atoms with Crippen molar-refractivity contribution < 1.29 is 13.6 Å². The number of carbonyl (C=O) groups excluding carboxylic acids is 1. The smallest absolute Gasteiger partial charge is 0.315 e. The van der Waals surface area contributed by atoms with Gasteiger partial charge >= 0.3 is 6.03 Å². The minimum Gasteiger partial charge on any atom is -0.334 e. The van der Waals surface area contributed by atoms with Gasteiger partial charge in [0.1, 0.15) is 11.6 Å². The standard InChI is InChI=1S/C19H15ClF2N2OS/c20-15-3-1-13(2-4-15)18(14-5-6-26-11-14)24-19(25)23-10-12-7-16(21)9-17(22)8-12/h1-9,11,18H,10H2,(H2,23,24,25). The Morgan fingerprint density at radius 2 is 1.73 bits per heavy atom. The predicted octanol–water partition coefficient (Wildman–Crippen LogP) is 5.27. The van der Waals surface area contributed by atoms with Gasteiger partial charge in [-0.3, -0.25) is 0 Å². The van der Waals surface area contributed by atoms with Gasteiger partial charge in [0.2, 0.25) is 0 Å². The van der Waals surface area contributed by atoms with E-state index < -0.39 is 17.7 Å². The fraction of sp³-hybridized carbons (Fsp3) is 0.105. The van der Waals surface area contributed by atoms with Gasteiger partial charge in [-0.2, -0.15) is 11.3 Å². The van der Waals surface area contributed by atoms with Crippen molar-refractivity contribution >= 4 is 29.0 Å². The average molecular weight is 393 g/mol. The summed E-state index contributed by atoms with van der Waals surface area (Å²) in [7, 11) is 0. The molecule has 3 nitrogen and oxygen atoms in total. The van der Waals surface area contributed by atoms with Crippen LogP contribution in [0.2, 0.25) is 5.02 Å². The Balaban J connectivity index is 1.70. The quantitative estimate of drug-likeness (QED) is 0.610. The zero-order chi connectivity index (χ0) is 18.5. The van der Waals surface area contributed by atoms with Crippen molar-refractivity contribution in [1.82, 2.24) is 10.6 Å². The summed E-state index contributed by atoms with van der Waals surface area (Å²) >= 11 is 7.46. The number of hydrogen-bond donors (Lipinski definition) is 2. The zero-order valence-electron chi connectivity index (χ0n) is 13.5. The first-order valence-corrected chi connectivity index (χ1v) is 9.10. The topological polar surface area (TPSA) is 41.1 Å². The molecule has 7 heteroatoms. The highest BCUT2D eigenvalue weighted by Gasteiger charge is 2.17. The van der Waals surface area contributed by atoms with Crippen LogP contribution in [-0.4, -0.2) is 6.03 Å². The normalized spacial score (nSPS) is 11.8. The minimum absolute atomic E-state index is 0.0114. The number of thiophene rings is 1. The predicted molar refractivity (Wildman–Crippen MR) is 99.3 cm³/mol. The van der Waals surface area contributed by atoms with E-state index in [2.05, 4.69) is 10.6 Å². The van der Waals surface area contributed by atoms with E-state index in [1.165, 1.54) is 23.5 Å². The van der Waals surface area contributed by atoms with E-state index >= 15 is 0 Å². The number of carbonyl (C=O) groups is 1. The van der Waals surface area contributed by atoms with Crippen molar-refractivity contribution in [3.8, 4) is 0 Å². The first-order valence-electron chi connectivity index (χ1n) is 7.78. The third kappa shape index (κ3) is 4.80. The monoisotopic (exact) mass is 392 g/mol. The van der Waals surface area contributed by atoms with E-state index in [-0.39, 0.29) is 12.6 Å². The van der Waals surface area contributed by atoms with Crippen LogP contribution in [0.4, 0.5) is 13.6 Å². The van der Waals surface area contributed by atoms with E-state index in [4.69, 9.17) is 11.6 Å². The third-order valence-corrected chi connectivity index (χ3v) is 4.68. The van der Waals surface area contributed by atoms with E-state index in [0.717, 1.165) is 17.2 Å². The maximum Gasteiger partial charge on any atom is 0.315 e. The average Bonchev–Trinajstić information content (AvgIpc) is 3.12. The fourth-order valence-electron chi connectivity index (χ4n) is 2.53. The van der Waals surface area contributed by atoms with E-state index in [1.54, 1.807) is 12.1 Å². The summed E-state index contributed by atoms with van der Waals surface area (Å²) in [6.45, 7) is 0.0114.